The van der Waals surface area contributed by atoms with E-state index in [4.69, 9.17) is 21.7 Å². The topological polar surface area (TPSA) is 71.6 Å². The predicted octanol–water partition coefficient (Wildman–Crippen LogP) is 1.87. The van der Waals surface area contributed by atoms with Crippen molar-refractivity contribution in [2.75, 3.05) is 26.9 Å². The van der Waals surface area contributed by atoms with Crippen LogP contribution in [0.1, 0.15) is 0 Å². The molecule has 2 rings (SSSR count). The van der Waals surface area contributed by atoms with Gasteiger partial charge in [0.05, 0.1) is 6.61 Å². The summed E-state index contributed by atoms with van der Waals surface area (Å²) in [5.41, 5.74) is 7.27. The number of rotatable bonds is 7. The molecule has 1 amide bonds. The Kier molecular flexibility index (Phi) is 7.68. The molecule has 7 heteroatoms. The van der Waals surface area contributed by atoms with Gasteiger partial charge < -0.3 is 14.8 Å². The first-order valence-corrected chi connectivity index (χ1v) is 8.20. The average Bonchev–Trinajstić information content (AvgIpc) is 2.66. The van der Waals surface area contributed by atoms with E-state index in [1.165, 1.54) is 0 Å². The van der Waals surface area contributed by atoms with E-state index in [9.17, 15) is 4.79 Å². The zero-order chi connectivity index (χ0) is 17.9. The molecule has 0 unspecified atom stereocenters. The highest BCUT2D eigenvalue weighted by Gasteiger charge is 2.04. The summed E-state index contributed by atoms with van der Waals surface area (Å²) >= 11 is 4.99. The van der Waals surface area contributed by atoms with Crippen LogP contribution in [0, 0.1) is 0 Å². The molecule has 0 spiro atoms. The molecule has 0 aromatic heterocycles. The van der Waals surface area contributed by atoms with Gasteiger partial charge >= 0.3 is 0 Å². The molecule has 0 radical (unpaired) electrons. The molecule has 0 saturated carbocycles. The van der Waals surface area contributed by atoms with Crippen LogP contribution >= 0.6 is 12.2 Å². The lowest BCUT2D eigenvalue weighted by Crippen LogP contribution is -2.48. The summed E-state index contributed by atoms with van der Waals surface area (Å²) in [7, 11) is 1.60. The molecule has 132 valence electrons. The van der Waals surface area contributed by atoms with Crippen LogP contribution in [0.25, 0.3) is 11.1 Å². The zero-order valence-corrected chi connectivity index (χ0v) is 14.8. The number of hydrogen-bond acceptors (Lipinski definition) is 4. The van der Waals surface area contributed by atoms with Gasteiger partial charge in [-0.15, -0.1) is 0 Å². The smallest absolute Gasteiger partial charge is 0.276 e. The summed E-state index contributed by atoms with van der Waals surface area (Å²) in [6.45, 7) is 0.971. The quantitative estimate of drug-likeness (QED) is 0.398. The molecule has 25 heavy (non-hydrogen) atoms. The van der Waals surface area contributed by atoms with E-state index in [1.807, 2.05) is 54.6 Å². The Balaban J connectivity index is 1.72. The normalized spacial score (nSPS) is 9.96. The van der Waals surface area contributed by atoms with E-state index in [0.29, 0.717) is 24.0 Å². The minimum atomic E-state index is -0.331. The van der Waals surface area contributed by atoms with E-state index in [0.717, 1.165) is 11.1 Å². The van der Waals surface area contributed by atoms with E-state index < -0.39 is 0 Å². The molecule has 0 aliphatic heterocycles. The number of methoxy groups -OCH3 is 1. The summed E-state index contributed by atoms with van der Waals surface area (Å²) in [6, 6.07) is 17.6. The molecular weight excluding hydrogens is 338 g/mol. The van der Waals surface area contributed by atoms with Crippen molar-refractivity contribution < 1.29 is 14.3 Å². The number of carbonyl (C=O) groups excluding carboxylic acids is 1. The molecule has 0 fully saturated rings. The Morgan fingerprint density at radius 3 is 2.36 bits per heavy atom. The summed E-state index contributed by atoms with van der Waals surface area (Å²) < 4.78 is 10.3. The van der Waals surface area contributed by atoms with Crippen molar-refractivity contribution in [2.45, 2.75) is 0 Å². The molecule has 0 aliphatic rings. The Morgan fingerprint density at radius 2 is 1.68 bits per heavy atom. The monoisotopic (exact) mass is 359 g/mol. The lowest BCUT2D eigenvalue weighted by atomic mass is 10.1. The molecule has 0 heterocycles. The van der Waals surface area contributed by atoms with E-state index in [-0.39, 0.29) is 12.5 Å². The van der Waals surface area contributed by atoms with Gasteiger partial charge in [0.15, 0.2) is 11.7 Å². The van der Waals surface area contributed by atoms with Crippen molar-refractivity contribution in [3.8, 4) is 16.9 Å². The maximum atomic E-state index is 11.7. The Labute approximate surface area is 152 Å². The highest BCUT2D eigenvalue weighted by atomic mass is 32.1. The highest BCUT2D eigenvalue weighted by Crippen LogP contribution is 2.21. The van der Waals surface area contributed by atoms with Crippen LogP contribution in [0.5, 0.6) is 5.75 Å². The van der Waals surface area contributed by atoms with Crippen LogP contribution in [0.3, 0.4) is 0 Å². The third kappa shape index (κ3) is 6.78. The summed E-state index contributed by atoms with van der Waals surface area (Å²) in [5, 5.41) is 3.19. The highest BCUT2D eigenvalue weighted by molar-refractivity contribution is 7.80. The molecule has 2 aromatic rings. The molecule has 0 aliphatic carbocycles. The Bertz CT molecular complexity index is 678. The number of thiocarbonyl (C=S) groups is 1. The second kappa shape index (κ2) is 10.3. The average molecular weight is 359 g/mol. The van der Waals surface area contributed by atoms with Gasteiger partial charge in [-0.25, -0.2) is 0 Å². The molecule has 0 saturated heterocycles. The number of benzene rings is 2. The van der Waals surface area contributed by atoms with Gasteiger partial charge in [-0.05, 0) is 35.5 Å². The van der Waals surface area contributed by atoms with Gasteiger partial charge in [-0.2, -0.15) is 0 Å². The van der Waals surface area contributed by atoms with Gasteiger partial charge in [0, 0.05) is 13.7 Å². The number of hydrazine groups is 1. The zero-order valence-electron chi connectivity index (χ0n) is 14.0. The van der Waals surface area contributed by atoms with Crippen molar-refractivity contribution in [1.82, 2.24) is 16.2 Å². The van der Waals surface area contributed by atoms with Crippen molar-refractivity contribution in [3.63, 3.8) is 0 Å². The van der Waals surface area contributed by atoms with Crippen LogP contribution in [-0.4, -0.2) is 37.9 Å². The second-order valence-electron chi connectivity index (χ2n) is 5.10. The van der Waals surface area contributed by atoms with Crippen LogP contribution in [0.2, 0.25) is 0 Å². The fourth-order valence-electron chi connectivity index (χ4n) is 2.00. The largest absolute Gasteiger partial charge is 0.484 e. The summed E-state index contributed by atoms with van der Waals surface area (Å²) in [4.78, 5) is 11.7. The lowest BCUT2D eigenvalue weighted by Gasteiger charge is -2.12. The van der Waals surface area contributed by atoms with Crippen LogP contribution < -0.4 is 20.9 Å². The van der Waals surface area contributed by atoms with Gasteiger partial charge in [0.25, 0.3) is 5.91 Å². The molecule has 6 nitrogen and oxygen atoms in total. The standard InChI is InChI=1S/C18H21N3O3S/c1-23-12-11-19-18(25)21-20-17(22)13-24-16-9-7-15(8-10-16)14-5-3-2-4-6-14/h2-10H,11-13H2,1H3,(H,20,22)(H2,19,21,25). The summed E-state index contributed by atoms with van der Waals surface area (Å²) in [6.07, 6.45) is 0. The van der Waals surface area contributed by atoms with Crippen LogP contribution in [-0.2, 0) is 9.53 Å². The molecule has 3 N–H and O–H groups in total. The van der Waals surface area contributed by atoms with Crippen molar-refractivity contribution in [1.29, 1.82) is 0 Å². The second-order valence-corrected chi connectivity index (χ2v) is 5.51. The molecule has 2 aromatic carbocycles. The van der Waals surface area contributed by atoms with Crippen LogP contribution in [0.15, 0.2) is 54.6 Å². The first kappa shape index (κ1) is 18.7. The van der Waals surface area contributed by atoms with E-state index in [2.05, 4.69) is 16.2 Å². The van der Waals surface area contributed by atoms with E-state index >= 15 is 0 Å². The van der Waals surface area contributed by atoms with Crippen LogP contribution in [0.4, 0.5) is 0 Å². The van der Waals surface area contributed by atoms with Crippen molar-refractivity contribution in [3.05, 3.63) is 54.6 Å². The number of nitrogens with one attached hydrogen (secondary N) is 3. The molecule has 0 bridgehead atoms. The minimum absolute atomic E-state index is 0.113. The fourth-order valence-corrected chi connectivity index (χ4v) is 2.15. The minimum Gasteiger partial charge on any atom is -0.484 e. The Morgan fingerprint density at radius 1 is 1.00 bits per heavy atom. The number of hydrogen-bond donors (Lipinski definition) is 3. The van der Waals surface area contributed by atoms with Gasteiger partial charge in [0.1, 0.15) is 5.75 Å². The van der Waals surface area contributed by atoms with Crippen molar-refractivity contribution >= 4 is 23.2 Å². The molecular formula is C18H21N3O3S. The fraction of sp³-hybridized carbons (Fsp3) is 0.222. The number of amides is 1. The third-order valence-electron chi connectivity index (χ3n) is 3.24. The van der Waals surface area contributed by atoms with Gasteiger partial charge in [-0.3, -0.25) is 15.6 Å². The molecule has 0 atom stereocenters. The third-order valence-corrected chi connectivity index (χ3v) is 3.48. The maximum Gasteiger partial charge on any atom is 0.276 e. The SMILES string of the molecule is COCCNC(=S)NNC(=O)COc1ccc(-c2ccccc2)cc1. The first-order chi connectivity index (χ1) is 12.2. The number of carbonyl (C=O) groups is 1. The van der Waals surface area contributed by atoms with Gasteiger partial charge in [-0.1, -0.05) is 42.5 Å². The van der Waals surface area contributed by atoms with E-state index in [1.54, 1.807) is 7.11 Å². The summed E-state index contributed by atoms with van der Waals surface area (Å²) in [5.74, 6) is 0.290. The number of ether oxygens (including phenoxy) is 2. The van der Waals surface area contributed by atoms with Crippen molar-refractivity contribution in [2.24, 2.45) is 0 Å². The van der Waals surface area contributed by atoms with Gasteiger partial charge in [0.2, 0.25) is 0 Å². The predicted molar refractivity (Wildman–Crippen MR) is 101 cm³/mol. The Hall–Kier alpha value is -2.64. The lowest BCUT2D eigenvalue weighted by molar-refractivity contribution is -0.123. The first-order valence-electron chi connectivity index (χ1n) is 7.79. The maximum absolute atomic E-state index is 11.7.